The molecule has 1 aliphatic heterocycles. The van der Waals surface area contributed by atoms with Crippen LogP contribution in [0.25, 0.3) is 0 Å². The highest BCUT2D eigenvalue weighted by Crippen LogP contribution is 2.37. The van der Waals surface area contributed by atoms with Gasteiger partial charge in [0.15, 0.2) is 0 Å². The van der Waals surface area contributed by atoms with Crippen molar-refractivity contribution in [3.05, 3.63) is 0 Å². The standard InChI is InChI=1S/C13H26N2O/c1-3-15(7-8-16-2)10-13-12-6-4-5-11(12)9-14-13/h11-14H,3-10H2,1-2H3. The summed E-state index contributed by atoms with van der Waals surface area (Å²) in [5.41, 5.74) is 0. The molecule has 0 spiro atoms. The van der Waals surface area contributed by atoms with Crippen molar-refractivity contribution >= 4 is 0 Å². The lowest BCUT2D eigenvalue weighted by Gasteiger charge is -2.27. The fourth-order valence-electron chi connectivity index (χ4n) is 3.38. The zero-order valence-corrected chi connectivity index (χ0v) is 10.7. The normalized spacial score (nSPS) is 33.6. The summed E-state index contributed by atoms with van der Waals surface area (Å²) in [6, 6.07) is 0.740. The average Bonchev–Trinajstić information content (AvgIpc) is 2.88. The predicted octanol–water partition coefficient (Wildman–Crippen LogP) is 1.34. The quantitative estimate of drug-likeness (QED) is 0.740. The maximum atomic E-state index is 5.16. The van der Waals surface area contributed by atoms with Crippen LogP contribution in [0.1, 0.15) is 26.2 Å². The molecule has 1 heterocycles. The topological polar surface area (TPSA) is 24.5 Å². The molecule has 0 amide bonds. The van der Waals surface area contributed by atoms with E-state index < -0.39 is 0 Å². The Morgan fingerprint density at radius 3 is 3.00 bits per heavy atom. The van der Waals surface area contributed by atoms with Gasteiger partial charge >= 0.3 is 0 Å². The maximum absolute atomic E-state index is 5.16. The number of likely N-dealkylation sites (N-methyl/N-ethyl adjacent to an activating group) is 1. The number of ether oxygens (including phenoxy) is 1. The lowest BCUT2D eigenvalue weighted by molar-refractivity contribution is 0.140. The van der Waals surface area contributed by atoms with Gasteiger partial charge in [-0.3, -0.25) is 4.90 Å². The first-order valence-electron chi connectivity index (χ1n) is 6.79. The molecule has 1 saturated heterocycles. The van der Waals surface area contributed by atoms with E-state index in [1.165, 1.54) is 32.4 Å². The molecule has 2 rings (SSSR count). The molecular weight excluding hydrogens is 200 g/mol. The molecular formula is C13H26N2O. The van der Waals surface area contributed by atoms with Gasteiger partial charge in [-0.1, -0.05) is 13.3 Å². The zero-order valence-electron chi connectivity index (χ0n) is 10.7. The van der Waals surface area contributed by atoms with E-state index in [0.717, 1.165) is 37.6 Å². The van der Waals surface area contributed by atoms with Crippen LogP contribution in [0.3, 0.4) is 0 Å². The lowest BCUT2D eigenvalue weighted by Crippen LogP contribution is -2.41. The molecule has 94 valence electrons. The summed E-state index contributed by atoms with van der Waals surface area (Å²) >= 11 is 0. The van der Waals surface area contributed by atoms with Crippen molar-refractivity contribution in [1.82, 2.24) is 10.2 Å². The second kappa shape index (κ2) is 5.99. The number of nitrogens with zero attached hydrogens (tertiary/aromatic N) is 1. The number of fused-ring (bicyclic) bond motifs is 1. The molecule has 3 nitrogen and oxygen atoms in total. The summed E-state index contributed by atoms with van der Waals surface area (Å²) in [5, 5.41) is 3.72. The third kappa shape index (κ3) is 2.76. The molecule has 1 saturated carbocycles. The van der Waals surface area contributed by atoms with Crippen LogP contribution in [0.5, 0.6) is 0 Å². The molecule has 1 aliphatic carbocycles. The van der Waals surface area contributed by atoms with E-state index in [4.69, 9.17) is 4.74 Å². The maximum Gasteiger partial charge on any atom is 0.0589 e. The van der Waals surface area contributed by atoms with Crippen LogP contribution in [0.15, 0.2) is 0 Å². The minimum Gasteiger partial charge on any atom is -0.383 e. The molecule has 3 unspecified atom stereocenters. The van der Waals surface area contributed by atoms with Gasteiger partial charge in [-0.15, -0.1) is 0 Å². The third-order valence-corrected chi connectivity index (χ3v) is 4.39. The lowest BCUT2D eigenvalue weighted by atomic mass is 9.94. The molecule has 2 aliphatic rings. The van der Waals surface area contributed by atoms with Crippen LogP contribution in [0.4, 0.5) is 0 Å². The van der Waals surface area contributed by atoms with Gasteiger partial charge in [0.1, 0.15) is 0 Å². The number of rotatable bonds is 6. The largest absolute Gasteiger partial charge is 0.383 e. The van der Waals surface area contributed by atoms with Gasteiger partial charge in [0.2, 0.25) is 0 Å². The van der Waals surface area contributed by atoms with Gasteiger partial charge < -0.3 is 10.1 Å². The second-order valence-electron chi connectivity index (χ2n) is 5.26. The van der Waals surface area contributed by atoms with Crippen LogP contribution in [-0.2, 0) is 4.74 Å². The smallest absolute Gasteiger partial charge is 0.0589 e. The molecule has 0 aromatic rings. The van der Waals surface area contributed by atoms with E-state index >= 15 is 0 Å². The monoisotopic (exact) mass is 226 g/mol. The Morgan fingerprint density at radius 1 is 1.38 bits per heavy atom. The van der Waals surface area contributed by atoms with Crippen LogP contribution in [0, 0.1) is 11.8 Å². The Balaban J connectivity index is 1.78. The van der Waals surface area contributed by atoms with Crippen LogP contribution >= 0.6 is 0 Å². The molecule has 0 bridgehead atoms. The van der Waals surface area contributed by atoms with E-state index in [2.05, 4.69) is 17.1 Å². The van der Waals surface area contributed by atoms with Crippen molar-refractivity contribution < 1.29 is 4.74 Å². The molecule has 3 atom stereocenters. The van der Waals surface area contributed by atoms with Gasteiger partial charge in [-0.05, 0) is 37.8 Å². The summed E-state index contributed by atoms with van der Waals surface area (Å²) in [7, 11) is 1.79. The SMILES string of the molecule is CCN(CCOC)CC1NCC2CCCC21. The molecule has 3 heteroatoms. The first kappa shape index (κ1) is 12.3. The highest BCUT2D eigenvalue weighted by atomic mass is 16.5. The van der Waals surface area contributed by atoms with E-state index in [1.54, 1.807) is 7.11 Å². The molecule has 2 fully saturated rings. The van der Waals surface area contributed by atoms with E-state index in [9.17, 15) is 0 Å². The van der Waals surface area contributed by atoms with Gasteiger partial charge in [-0.2, -0.15) is 0 Å². The Hall–Kier alpha value is -0.120. The predicted molar refractivity (Wildman–Crippen MR) is 66.6 cm³/mol. The van der Waals surface area contributed by atoms with Crippen LogP contribution < -0.4 is 5.32 Å². The highest BCUT2D eigenvalue weighted by Gasteiger charge is 2.39. The number of hydrogen-bond acceptors (Lipinski definition) is 3. The first-order chi connectivity index (χ1) is 7.85. The van der Waals surface area contributed by atoms with Crippen molar-refractivity contribution in [2.24, 2.45) is 11.8 Å². The Kier molecular flexibility index (Phi) is 4.62. The van der Waals surface area contributed by atoms with Crippen molar-refractivity contribution in [1.29, 1.82) is 0 Å². The third-order valence-electron chi connectivity index (χ3n) is 4.39. The Labute approximate surface area is 99.5 Å². The van der Waals surface area contributed by atoms with E-state index in [1.807, 2.05) is 0 Å². The molecule has 0 aromatic heterocycles. The summed E-state index contributed by atoms with van der Waals surface area (Å²) < 4.78 is 5.16. The first-order valence-corrected chi connectivity index (χ1v) is 6.79. The Bertz CT molecular complexity index is 210. The van der Waals surface area contributed by atoms with E-state index in [-0.39, 0.29) is 0 Å². The minimum atomic E-state index is 0.740. The number of methoxy groups -OCH3 is 1. The summed E-state index contributed by atoms with van der Waals surface area (Å²) in [6.45, 7) is 7.78. The number of nitrogens with one attached hydrogen (secondary N) is 1. The average molecular weight is 226 g/mol. The van der Waals surface area contributed by atoms with E-state index in [0.29, 0.717) is 0 Å². The summed E-state index contributed by atoms with van der Waals surface area (Å²) in [5.74, 6) is 1.93. The summed E-state index contributed by atoms with van der Waals surface area (Å²) in [6.07, 6.45) is 4.36. The van der Waals surface area contributed by atoms with Gasteiger partial charge in [0.25, 0.3) is 0 Å². The number of hydrogen-bond donors (Lipinski definition) is 1. The Morgan fingerprint density at radius 2 is 2.25 bits per heavy atom. The van der Waals surface area contributed by atoms with Crippen LogP contribution in [-0.4, -0.2) is 50.8 Å². The van der Waals surface area contributed by atoms with Crippen molar-refractivity contribution in [2.75, 3.05) is 39.9 Å². The fourth-order valence-corrected chi connectivity index (χ4v) is 3.38. The van der Waals surface area contributed by atoms with Crippen molar-refractivity contribution in [2.45, 2.75) is 32.2 Å². The highest BCUT2D eigenvalue weighted by molar-refractivity contribution is 4.95. The van der Waals surface area contributed by atoms with Crippen molar-refractivity contribution in [3.63, 3.8) is 0 Å². The molecule has 0 aromatic carbocycles. The molecule has 0 radical (unpaired) electrons. The summed E-state index contributed by atoms with van der Waals surface area (Å²) in [4.78, 5) is 2.52. The van der Waals surface area contributed by atoms with Crippen LogP contribution in [0.2, 0.25) is 0 Å². The van der Waals surface area contributed by atoms with Gasteiger partial charge in [0.05, 0.1) is 6.61 Å². The zero-order chi connectivity index (χ0) is 11.4. The molecule has 1 N–H and O–H groups in total. The van der Waals surface area contributed by atoms with Gasteiger partial charge in [-0.25, -0.2) is 0 Å². The molecule has 16 heavy (non-hydrogen) atoms. The fraction of sp³-hybridized carbons (Fsp3) is 1.00. The minimum absolute atomic E-state index is 0.740. The second-order valence-corrected chi connectivity index (χ2v) is 5.26. The van der Waals surface area contributed by atoms with Gasteiger partial charge in [0, 0.05) is 26.2 Å². The van der Waals surface area contributed by atoms with Crippen molar-refractivity contribution in [3.8, 4) is 0 Å².